The maximum atomic E-state index is 12.0. The first-order valence-corrected chi connectivity index (χ1v) is 10.9. The molecule has 1 aliphatic carbocycles. The van der Waals surface area contributed by atoms with Gasteiger partial charge in [0.1, 0.15) is 6.54 Å². The molecular weight excluding hydrogens is 356 g/mol. The number of fused-ring (bicyclic) bond motifs is 1. The molecule has 1 heterocycles. The minimum Gasteiger partial charge on any atom is -0.355 e. The van der Waals surface area contributed by atoms with Gasteiger partial charge in [0.05, 0.1) is 0 Å². The van der Waals surface area contributed by atoms with Gasteiger partial charge in [-0.15, -0.1) is 0 Å². The number of amides is 1. The summed E-state index contributed by atoms with van der Waals surface area (Å²) in [5.74, 6) is 2.02. The number of aliphatic imine (C=N–C) groups is 1. The Balaban J connectivity index is 1.64. The Labute approximate surface area is 167 Å². The van der Waals surface area contributed by atoms with Gasteiger partial charge < -0.3 is 15.5 Å². The lowest BCUT2D eigenvalue weighted by Crippen LogP contribution is -2.49. The van der Waals surface area contributed by atoms with Crippen LogP contribution in [0.2, 0.25) is 0 Å². The Morgan fingerprint density at radius 2 is 2.11 bits per heavy atom. The lowest BCUT2D eigenvalue weighted by atomic mass is 9.88. The van der Waals surface area contributed by atoms with Crippen molar-refractivity contribution in [3.05, 3.63) is 35.4 Å². The van der Waals surface area contributed by atoms with E-state index >= 15 is 0 Å². The molecule has 1 aromatic carbocycles. The molecule has 2 N–H and O–H groups in total. The van der Waals surface area contributed by atoms with E-state index in [0.717, 1.165) is 31.8 Å². The maximum absolute atomic E-state index is 12.0. The van der Waals surface area contributed by atoms with Crippen molar-refractivity contribution < 1.29 is 4.79 Å². The number of guanidine groups is 1. The van der Waals surface area contributed by atoms with Crippen LogP contribution in [0.25, 0.3) is 0 Å². The Hall–Kier alpha value is -1.69. The highest BCUT2D eigenvalue weighted by molar-refractivity contribution is 8.00. The monoisotopic (exact) mass is 388 g/mol. The van der Waals surface area contributed by atoms with Gasteiger partial charge in [-0.2, -0.15) is 11.8 Å². The van der Waals surface area contributed by atoms with Crippen LogP contribution >= 0.6 is 11.8 Å². The molecule has 3 rings (SSSR count). The van der Waals surface area contributed by atoms with Crippen LogP contribution in [0.5, 0.6) is 0 Å². The fourth-order valence-electron chi connectivity index (χ4n) is 3.70. The van der Waals surface area contributed by atoms with Crippen molar-refractivity contribution in [2.24, 2.45) is 4.99 Å². The average molecular weight is 389 g/mol. The van der Waals surface area contributed by atoms with Crippen LogP contribution in [0.3, 0.4) is 0 Å². The van der Waals surface area contributed by atoms with Gasteiger partial charge in [0.2, 0.25) is 5.91 Å². The standard InChI is InChI=1S/C21H32N4OS/c1-21(11-6-12-27-21)15-23-20(22-14-19(26)25(2)3)24-18-10-9-16-7-4-5-8-17(16)13-18/h4-5,7-8,18H,6,9-15H2,1-3H3,(H2,22,23,24). The number of hydrogen-bond acceptors (Lipinski definition) is 3. The van der Waals surface area contributed by atoms with Crippen molar-refractivity contribution in [1.82, 2.24) is 15.5 Å². The van der Waals surface area contributed by atoms with Gasteiger partial charge in [0.25, 0.3) is 0 Å². The largest absolute Gasteiger partial charge is 0.355 e. The Bertz CT molecular complexity index is 683. The quantitative estimate of drug-likeness (QED) is 0.601. The second-order valence-corrected chi connectivity index (χ2v) is 9.74. The predicted octanol–water partition coefficient (Wildman–Crippen LogP) is 2.45. The average Bonchev–Trinajstić information content (AvgIpc) is 3.10. The zero-order valence-corrected chi connectivity index (χ0v) is 17.6. The number of nitrogens with zero attached hydrogens (tertiary/aromatic N) is 2. The molecule has 1 saturated heterocycles. The third kappa shape index (κ3) is 5.64. The zero-order chi connectivity index (χ0) is 19.3. The number of nitrogens with one attached hydrogen (secondary N) is 2. The topological polar surface area (TPSA) is 56.7 Å². The van der Waals surface area contributed by atoms with E-state index in [1.165, 1.54) is 29.7 Å². The van der Waals surface area contributed by atoms with E-state index in [2.05, 4.69) is 46.8 Å². The second-order valence-electron chi connectivity index (χ2n) is 8.06. The van der Waals surface area contributed by atoms with Crippen LogP contribution in [0.15, 0.2) is 29.3 Å². The van der Waals surface area contributed by atoms with Crippen molar-refractivity contribution >= 4 is 23.6 Å². The summed E-state index contributed by atoms with van der Waals surface area (Å²) in [5, 5.41) is 7.11. The normalized spacial score (nSPS) is 25.0. The molecule has 1 aromatic rings. The summed E-state index contributed by atoms with van der Waals surface area (Å²) in [5.41, 5.74) is 2.88. The van der Waals surface area contributed by atoms with E-state index in [-0.39, 0.29) is 17.2 Å². The lowest BCUT2D eigenvalue weighted by Gasteiger charge is -2.29. The van der Waals surface area contributed by atoms with E-state index < -0.39 is 0 Å². The van der Waals surface area contributed by atoms with Crippen molar-refractivity contribution in [3.8, 4) is 0 Å². The van der Waals surface area contributed by atoms with Gasteiger partial charge >= 0.3 is 0 Å². The summed E-state index contributed by atoms with van der Waals surface area (Å²) in [6.45, 7) is 3.37. The van der Waals surface area contributed by atoms with Crippen LogP contribution < -0.4 is 10.6 Å². The van der Waals surface area contributed by atoms with Crippen molar-refractivity contribution in [3.63, 3.8) is 0 Å². The molecule has 0 saturated carbocycles. The molecule has 27 heavy (non-hydrogen) atoms. The summed E-state index contributed by atoms with van der Waals surface area (Å²) >= 11 is 2.03. The summed E-state index contributed by atoms with van der Waals surface area (Å²) in [6, 6.07) is 9.03. The third-order valence-electron chi connectivity index (χ3n) is 5.49. The summed E-state index contributed by atoms with van der Waals surface area (Å²) in [7, 11) is 3.54. The van der Waals surface area contributed by atoms with Crippen LogP contribution in [-0.2, 0) is 17.6 Å². The number of benzene rings is 1. The van der Waals surface area contributed by atoms with Gasteiger partial charge in [0, 0.05) is 31.4 Å². The Kier molecular flexibility index (Phi) is 6.68. The van der Waals surface area contributed by atoms with Gasteiger partial charge in [-0.05, 0) is 55.9 Å². The molecule has 5 nitrogen and oxygen atoms in total. The minimum absolute atomic E-state index is 0.0199. The number of rotatable bonds is 5. The maximum Gasteiger partial charge on any atom is 0.243 e. The van der Waals surface area contributed by atoms with Gasteiger partial charge in [0.15, 0.2) is 5.96 Å². The number of aryl methyl sites for hydroxylation is 1. The molecule has 2 atom stereocenters. The highest BCUT2D eigenvalue weighted by Gasteiger charge is 2.30. The molecule has 1 amide bonds. The number of thioether (sulfide) groups is 1. The van der Waals surface area contributed by atoms with Gasteiger partial charge in [-0.3, -0.25) is 4.79 Å². The van der Waals surface area contributed by atoms with Gasteiger partial charge in [-0.1, -0.05) is 24.3 Å². The Morgan fingerprint density at radius 1 is 1.33 bits per heavy atom. The molecule has 2 aliphatic rings. The number of carbonyl (C=O) groups excluding carboxylic acids is 1. The predicted molar refractivity (Wildman–Crippen MR) is 114 cm³/mol. The molecule has 1 aliphatic heterocycles. The third-order valence-corrected chi connectivity index (χ3v) is 7.03. The van der Waals surface area contributed by atoms with Crippen LogP contribution in [-0.4, -0.2) is 60.5 Å². The Morgan fingerprint density at radius 3 is 2.81 bits per heavy atom. The lowest BCUT2D eigenvalue weighted by molar-refractivity contribution is -0.127. The molecule has 2 unspecified atom stereocenters. The minimum atomic E-state index is 0.0199. The smallest absolute Gasteiger partial charge is 0.243 e. The number of hydrogen-bond donors (Lipinski definition) is 2. The first-order chi connectivity index (χ1) is 13.0. The zero-order valence-electron chi connectivity index (χ0n) is 16.8. The molecule has 6 heteroatoms. The van der Waals surface area contributed by atoms with Crippen LogP contribution in [0.4, 0.5) is 0 Å². The molecule has 0 spiro atoms. The summed E-state index contributed by atoms with van der Waals surface area (Å²) < 4.78 is 0.257. The molecular formula is C21H32N4OS. The number of likely N-dealkylation sites (N-methyl/N-ethyl adjacent to an activating group) is 1. The van der Waals surface area contributed by atoms with Crippen LogP contribution in [0, 0.1) is 0 Å². The molecule has 0 aromatic heterocycles. The highest BCUT2D eigenvalue weighted by Crippen LogP contribution is 2.36. The van der Waals surface area contributed by atoms with E-state index in [1.54, 1.807) is 19.0 Å². The van der Waals surface area contributed by atoms with Crippen molar-refractivity contribution in [2.45, 2.75) is 49.8 Å². The molecule has 0 bridgehead atoms. The van der Waals surface area contributed by atoms with Crippen molar-refractivity contribution in [1.29, 1.82) is 0 Å². The molecule has 148 valence electrons. The van der Waals surface area contributed by atoms with Gasteiger partial charge in [-0.25, -0.2) is 4.99 Å². The first-order valence-electron chi connectivity index (χ1n) is 9.91. The second kappa shape index (κ2) is 9.00. The fourth-order valence-corrected chi connectivity index (χ4v) is 4.95. The fraction of sp³-hybridized carbons (Fsp3) is 0.619. The number of carbonyl (C=O) groups is 1. The van der Waals surface area contributed by atoms with E-state index in [9.17, 15) is 4.79 Å². The molecule has 1 fully saturated rings. The van der Waals surface area contributed by atoms with E-state index in [1.807, 2.05) is 11.8 Å². The van der Waals surface area contributed by atoms with Crippen LogP contribution in [0.1, 0.15) is 37.3 Å². The van der Waals surface area contributed by atoms with Crippen molar-refractivity contribution in [2.75, 3.05) is 32.9 Å². The SMILES string of the molecule is CN(C)C(=O)CN=C(NCC1(C)CCCS1)NC1CCc2ccccc2C1. The first kappa shape index (κ1) is 20.1. The highest BCUT2D eigenvalue weighted by atomic mass is 32.2. The van der Waals surface area contributed by atoms with E-state index in [4.69, 9.17) is 0 Å². The summed E-state index contributed by atoms with van der Waals surface area (Å²) in [6.07, 6.45) is 5.69. The summed E-state index contributed by atoms with van der Waals surface area (Å²) in [4.78, 5) is 18.2. The van der Waals surface area contributed by atoms with E-state index in [0.29, 0.717) is 6.04 Å². The molecule has 0 radical (unpaired) electrons.